The first kappa shape index (κ1) is 23.4. The summed E-state index contributed by atoms with van der Waals surface area (Å²) in [6.07, 6.45) is 1.53. The molecule has 31 heavy (non-hydrogen) atoms. The first-order chi connectivity index (χ1) is 14.5. The molecule has 1 atom stereocenters. The van der Waals surface area contributed by atoms with Crippen molar-refractivity contribution in [2.75, 3.05) is 5.32 Å². The van der Waals surface area contributed by atoms with Crippen LogP contribution in [0.2, 0.25) is 0 Å². The molecule has 0 saturated carbocycles. The van der Waals surface area contributed by atoms with Gasteiger partial charge in [0.25, 0.3) is 5.56 Å². The molecule has 0 aliphatic heterocycles. The highest BCUT2D eigenvalue weighted by atomic mass is 16.4. The number of aryl methyl sites for hydroxylation is 3. The summed E-state index contributed by atoms with van der Waals surface area (Å²) in [6.45, 7) is 3.82. The molecule has 11 nitrogen and oxygen atoms in total. The quantitative estimate of drug-likeness (QED) is 0.504. The van der Waals surface area contributed by atoms with Crippen LogP contribution < -0.4 is 22.3 Å². The smallest absolute Gasteiger partial charge is 0.332 e. The van der Waals surface area contributed by atoms with E-state index in [2.05, 4.69) is 10.3 Å². The molecule has 11 heteroatoms. The van der Waals surface area contributed by atoms with Crippen LogP contribution in [-0.4, -0.2) is 41.7 Å². The number of carbonyl (C=O) groups is 2. The monoisotopic (exact) mass is 430 g/mol. The van der Waals surface area contributed by atoms with Gasteiger partial charge in [0.15, 0.2) is 11.2 Å². The lowest BCUT2D eigenvalue weighted by Crippen LogP contribution is -2.37. The van der Waals surface area contributed by atoms with E-state index in [1.165, 1.54) is 29.6 Å². The molecule has 0 bridgehead atoms. The Morgan fingerprint density at radius 2 is 1.84 bits per heavy atom. The van der Waals surface area contributed by atoms with Crippen LogP contribution >= 0.6 is 0 Å². The Bertz CT molecular complexity index is 1220. The maximum atomic E-state index is 12.0. The second-order valence-electron chi connectivity index (χ2n) is 7.05. The van der Waals surface area contributed by atoms with Crippen LogP contribution in [0.15, 0.2) is 40.2 Å². The molecule has 3 aromatic rings. The van der Waals surface area contributed by atoms with Crippen LogP contribution in [0, 0.1) is 6.92 Å². The van der Waals surface area contributed by atoms with Gasteiger partial charge < -0.3 is 20.7 Å². The summed E-state index contributed by atoms with van der Waals surface area (Å²) in [5.74, 6) is -1.30. The molecule has 0 aliphatic carbocycles. The molecule has 0 spiro atoms. The fourth-order valence-electron chi connectivity index (χ4n) is 2.83. The van der Waals surface area contributed by atoms with Gasteiger partial charge in [-0.05, 0) is 25.5 Å². The van der Waals surface area contributed by atoms with Gasteiger partial charge in [0.1, 0.15) is 6.04 Å². The summed E-state index contributed by atoms with van der Waals surface area (Å²) in [7, 11) is 2.94. The van der Waals surface area contributed by atoms with Gasteiger partial charge in [-0.15, -0.1) is 0 Å². The summed E-state index contributed by atoms with van der Waals surface area (Å²) in [5, 5.41) is 11.6. The van der Waals surface area contributed by atoms with Gasteiger partial charge in [0.05, 0.1) is 6.33 Å². The van der Waals surface area contributed by atoms with Gasteiger partial charge in [0, 0.05) is 32.7 Å². The van der Waals surface area contributed by atoms with Crippen LogP contribution in [0.25, 0.3) is 11.2 Å². The number of amides is 1. The van der Waals surface area contributed by atoms with E-state index < -0.39 is 29.2 Å². The number of hydrogen-bond acceptors (Lipinski definition) is 6. The lowest BCUT2D eigenvalue weighted by Gasteiger charge is -2.12. The topological polar surface area (TPSA) is 154 Å². The summed E-state index contributed by atoms with van der Waals surface area (Å²) < 4.78 is 3.82. The van der Waals surface area contributed by atoms with Crippen molar-refractivity contribution in [3.8, 4) is 0 Å². The van der Waals surface area contributed by atoms with E-state index in [1.807, 2.05) is 31.2 Å². The number of aromatic nitrogens is 4. The number of imidazole rings is 1. The highest BCUT2D eigenvalue weighted by Crippen LogP contribution is 2.14. The molecule has 2 aromatic heterocycles. The highest BCUT2D eigenvalue weighted by molar-refractivity contribution is 5.77. The molecule has 3 rings (SSSR count). The lowest BCUT2D eigenvalue weighted by molar-refractivity contribution is -0.137. The van der Waals surface area contributed by atoms with Crippen molar-refractivity contribution in [3.05, 3.63) is 57.0 Å². The fraction of sp³-hybridized carbons (Fsp3) is 0.350. The number of hydrogen-bond donors (Lipinski definition) is 3. The van der Waals surface area contributed by atoms with E-state index in [0.29, 0.717) is 11.2 Å². The van der Waals surface area contributed by atoms with E-state index >= 15 is 0 Å². The summed E-state index contributed by atoms with van der Waals surface area (Å²) in [5.41, 5.74) is 6.71. The van der Waals surface area contributed by atoms with Crippen molar-refractivity contribution in [3.63, 3.8) is 0 Å². The number of para-hydroxylation sites is 1. The molecule has 2 heterocycles. The van der Waals surface area contributed by atoms with E-state index in [0.717, 1.165) is 15.8 Å². The Morgan fingerprint density at radius 3 is 2.42 bits per heavy atom. The normalized spacial score (nSPS) is 11.5. The molecule has 0 fully saturated rings. The number of primary amides is 1. The summed E-state index contributed by atoms with van der Waals surface area (Å²) in [6, 6.07) is 7.06. The molecule has 1 unspecified atom stereocenters. The second-order valence-corrected chi connectivity index (χ2v) is 7.05. The molecule has 0 saturated heterocycles. The van der Waals surface area contributed by atoms with Gasteiger partial charge >= 0.3 is 11.7 Å². The average molecular weight is 430 g/mol. The number of aliphatic carboxylic acids is 1. The van der Waals surface area contributed by atoms with Crippen molar-refractivity contribution < 1.29 is 14.7 Å². The maximum Gasteiger partial charge on any atom is 0.332 e. The SMILES string of the molecule is Cc1ccccc1NC(C)C(=O)O.Cn1c(=O)c2c(ncn2CCC(N)=O)n(C)c1=O. The van der Waals surface area contributed by atoms with E-state index in [4.69, 9.17) is 10.8 Å². The molecular weight excluding hydrogens is 404 g/mol. The van der Waals surface area contributed by atoms with Crippen LogP contribution in [0.4, 0.5) is 5.69 Å². The number of carboxylic acids is 1. The number of fused-ring (bicyclic) bond motifs is 1. The maximum absolute atomic E-state index is 12.0. The zero-order valence-corrected chi connectivity index (χ0v) is 17.8. The van der Waals surface area contributed by atoms with E-state index in [1.54, 1.807) is 6.92 Å². The minimum atomic E-state index is -0.844. The zero-order valence-electron chi connectivity index (χ0n) is 17.8. The molecule has 1 amide bonds. The third-order valence-corrected chi connectivity index (χ3v) is 4.70. The third-order valence-electron chi connectivity index (χ3n) is 4.70. The average Bonchev–Trinajstić information content (AvgIpc) is 3.15. The minimum absolute atomic E-state index is 0.109. The number of anilines is 1. The Morgan fingerprint density at radius 1 is 1.19 bits per heavy atom. The number of benzene rings is 1. The zero-order chi connectivity index (χ0) is 23.3. The number of carboxylic acid groups (broad SMARTS) is 1. The highest BCUT2D eigenvalue weighted by Gasteiger charge is 2.14. The Labute approximate surface area is 177 Å². The van der Waals surface area contributed by atoms with Gasteiger partial charge in [-0.3, -0.25) is 23.5 Å². The molecule has 166 valence electrons. The number of nitrogens with one attached hydrogen (secondary N) is 1. The van der Waals surface area contributed by atoms with Crippen LogP contribution in [0.3, 0.4) is 0 Å². The van der Waals surface area contributed by atoms with Crippen molar-refractivity contribution >= 4 is 28.7 Å². The second kappa shape index (κ2) is 9.74. The van der Waals surface area contributed by atoms with Crippen molar-refractivity contribution in [1.82, 2.24) is 18.7 Å². The number of nitrogens with zero attached hydrogens (tertiary/aromatic N) is 4. The lowest BCUT2D eigenvalue weighted by atomic mass is 10.2. The van der Waals surface area contributed by atoms with E-state index in [9.17, 15) is 19.2 Å². The standard InChI is InChI=1S/C10H13N5O3.C10H13NO2/c1-13-8-7(9(17)14(2)10(13)18)15(5-12-8)4-3-6(11)16;1-7-5-3-4-6-9(7)11-8(2)10(12)13/h5H,3-4H2,1-2H3,(H2,11,16);3-6,8,11H,1-2H3,(H,12,13). The largest absolute Gasteiger partial charge is 0.480 e. The predicted molar refractivity (Wildman–Crippen MR) is 116 cm³/mol. The first-order valence-electron chi connectivity index (χ1n) is 9.48. The molecule has 0 radical (unpaired) electrons. The number of rotatable bonds is 6. The summed E-state index contributed by atoms with van der Waals surface area (Å²) in [4.78, 5) is 49.0. The summed E-state index contributed by atoms with van der Waals surface area (Å²) >= 11 is 0. The van der Waals surface area contributed by atoms with Gasteiger partial charge in [0.2, 0.25) is 5.91 Å². The van der Waals surface area contributed by atoms with Crippen molar-refractivity contribution in [2.24, 2.45) is 19.8 Å². The van der Waals surface area contributed by atoms with Gasteiger partial charge in [-0.1, -0.05) is 18.2 Å². The number of carbonyl (C=O) groups excluding carboxylic acids is 1. The molecule has 0 aliphatic rings. The Balaban J connectivity index is 0.000000233. The molecular formula is C20H26N6O5. The molecule has 4 N–H and O–H groups in total. The van der Waals surface area contributed by atoms with Crippen LogP contribution in [0.5, 0.6) is 0 Å². The Kier molecular flexibility index (Phi) is 7.35. The molecule has 1 aromatic carbocycles. The van der Waals surface area contributed by atoms with Crippen molar-refractivity contribution in [1.29, 1.82) is 0 Å². The Hall–Kier alpha value is -3.89. The minimum Gasteiger partial charge on any atom is -0.480 e. The third kappa shape index (κ3) is 5.38. The van der Waals surface area contributed by atoms with Crippen LogP contribution in [-0.2, 0) is 30.2 Å². The van der Waals surface area contributed by atoms with E-state index in [-0.39, 0.29) is 13.0 Å². The number of nitrogens with two attached hydrogens (primary N) is 1. The fourth-order valence-corrected chi connectivity index (χ4v) is 2.83. The van der Waals surface area contributed by atoms with Crippen molar-refractivity contribution in [2.45, 2.75) is 32.9 Å². The van der Waals surface area contributed by atoms with Gasteiger partial charge in [-0.2, -0.15) is 0 Å². The predicted octanol–water partition coefficient (Wildman–Crippen LogP) is 0.189. The van der Waals surface area contributed by atoms with Crippen LogP contribution in [0.1, 0.15) is 18.9 Å². The first-order valence-corrected chi connectivity index (χ1v) is 9.48. The van der Waals surface area contributed by atoms with Gasteiger partial charge in [-0.25, -0.2) is 9.78 Å².